The fraction of sp³-hybridized carbons (Fsp3) is 0.778. The Kier molecular flexibility index (Phi) is 6.62. The number of hydrogen-bond acceptors (Lipinski definition) is 4. The summed E-state index contributed by atoms with van der Waals surface area (Å²) in [5.74, 6) is -0.806. The lowest BCUT2D eigenvalue weighted by molar-refractivity contribution is -0.137. The second-order valence-electron chi connectivity index (χ2n) is 3.08. The third kappa shape index (κ3) is 6.34. The molecule has 1 unspecified atom stereocenters. The standard InChI is InChI=1S/C9H17N3O2/c1-4-10-7-11-8(12(2)3)5-6-9(13)14/h8H,4-6H2,1-3H3,(H,13,14). The number of rotatable bonds is 6. The summed E-state index contributed by atoms with van der Waals surface area (Å²) in [7, 11) is 3.70. The van der Waals surface area contributed by atoms with Crippen LogP contribution in [0.3, 0.4) is 0 Å². The molecule has 5 nitrogen and oxygen atoms in total. The Hall–Kier alpha value is -1.19. The molecule has 14 heavy (non-hydrogen) atoms. The number of aliphatic carboxylic acids is 1. The molecule has 1 N–H and O–H groups in total. The molecule has 0 aliphatic heterocycles. The monoisotopic (exact) mass is 199 g/mol. The van der Waals surface area contributed by atoms with E-state index in [0.29, 0.717) is 13.0 Å². The summed E-state index contributed by atoms with van der Waals surface area (Å²) in [5, 5.41) is 8.51. The van der Waals surface area contributed by atoms with E-state index >= 15 is 0 Å². The molecule has 0 radical (unpaired) electrons. The van der Waals surface area contributed by atoms with E-state index in [9.17, 15) is 4.79 Å². The molecule has 0 aromatic carbocycles. The van der Waals surface area contributed by atoms with Gasteiger partial charge < -0.3 is 5.11 Å². The molecule has 0 amide bonds. The molecule has 0 spiro atoms. The zero-order chi connectivity index (χ0) is 11.0. The first-order chi connectivity index (χ1) is 6.57. The quantitative estimate of drug-likeness (QED) is 0.647. The number of nitrogens with zero attached hydrogens (tertiary/aromatic N) is 3. The second kappa shape index (κ2) is 7.24. The van der Waals surface area contributed by atoms with Crippen molar-refractivity contribution in [3.63, 3.8) is 0 Å². The van der Waals surface area contributed by atoms with Gasteiger partial charge in [-0.2, -0.15) is 0 Å². The summed E-state index contributed by atoms with van der Waals surface area (Å²) in [4.78, 5) is 20.1. The van der Waals surface area contributed by atoms with Crippen molar-refractivity contribution >= 4 is 12.0 Å². The summed E-state index contributed by atoms with van der Waals surface area (Å²) in [6.07, 6.45) is 0.441. The van der Waals surface area contributed by atoms with Crippen LogP contribution in [0.2, 0.25) is 0 Å². The lowest BCUT2D eigenvalue weighted by Crippen LogP contribution is -2.26. The maximum absolute atomic E-state index is 10.4. The van der Waals surface area contributed by atoms with E-state index in [1.54, 1.807) is 0 Å². The van der Waals surface area contributed by atoms with Gasteiger partial charge in [0.25, 0.3) is 0 Å². The van der Waals surface area contributed by atoms with Gasteiger partial charge in [-0.3, -0.25) is 9.69 Å². The molecule has 0 aliphatic rings. The van der Waals surface area contributed by atoms with Crippen LogP contribution in [0, 0.1) is 0 Å². The highest BCUT2D eigenvalue weighted by Gasteiger charge is 2.10. The Balaban J connectivity index is 4.16. The molecule has 0 heterocycles. The first-order valence-electron chi connectivity index (χ1n) is 4.57. The SMILES string of the molecule is CCN=C=NC(CCC(=O)O)N(C)C. The number of carboxylic acid groups (broad SMARTS) is 1. The van der Waals surface area contributed by atoms with Gasteiger partial charge in [0.15, 0.2) is 0 Å². The van der Waals surface area contributed by atoms with Crippen LogP contribution >= 0.6 is 0 Å². The number of aliphatic imine (C=N–C) groups is 2. The van der Waals surface area contributed by atoms with Crippen LogP contribution in [0.5, 0.6) is 0 Å². The summed E-state index contributed by atoms with van der Waals surface area (Å²) in [6.45, 7) is 2.53. The van der Waals surface area contributed by atoms with E-state index in [1.807, 2.05) is 25.9 Å². The zero-order valence-electron chi connectivity index (χ0n) is 8.90. The van der Waals surface area contributed by atoms with Gasteiger partial charge in [-0.15, -0.1) is 0 Å². The van der Waals surface area contributed by atoms with E-state index in [4.69, 9.17) is 5.11 Å². The van der Waals surface area contributed by atoms with Gasteiger partial charge >= 0.3 is 5.97 Å². The highest BCUT2D eigenvalue weighted by atomic mass is 16.4. The lowest BCUT2D eigenvalue weighted by atomic mass is 10.2. The normalized spacial score (nSPS) is 12.0. The molecule has 0 saturated carbocycles. The molecule has 0 aliphatic carbocycles. The van der Waals surface area contributed by atoms with Gasteiger partial charge in [-0.25, -0.2) is 9.98 Å². The van der Waals surface area contributed by atoms with Crippen LogP contribution < -0.4 is 0 Å². The van der Waals surface area contributed by atoms with Crippen LogP contribution in [0.1, 0.15) is 19.8 Å². The molecule has 1 atom stereocenters. The molecule has 0 fully saturated rings. The van der Waals surface area contributed by atoms with Crippen molar-refractivity contribution in [1.82, 2.24) is 4.90 Å². The van der Waals surface area contributed by atoms with Crippen molar-refractivity contribution in [2.45, 2.75) is 25.9 Å². The van der Waals surface area contributed by atoms with E-state index in [-0.39, 0.29) is 12.6 Å². The topological polar surface area (TPSA) is 65.3 Å². The first-order valence-corrected chi connectivity index (χ1v) is 4.57. The van der Waals surface area contributed by atoms with Gasteiger partial charge in [0.1, 0.15) is 6.17 Å². The molecule has 0 rings (SSSR count). The third-order valence-corrected chi connectivity index (χ3v) is 1.65. The fourth-order valence-electron chi connectivity index (χ4n) is 0.869. The Morgan fingerprint density at radius 3 is 2.64 bits per heavy atom. The number of carboxylic acids is 1. The Labute approximate surface area is 84.2 Å². The van der Waals surface area contributed by atoms with Crippen molar-refractivity contribution in [3.05, 3.63) is 0 Å². The summed E-state index contributed by atoms with van der Waals surface area (Å²) in [5.41, 5.74) is 0. The summed E-state index contributed by atoms with van der Waals surface area (Å²) in [6, 6.07) is 2.56. The smallest absolute Gasteiger partial charge is 0.303 e. The van der Waals surface area contributed by atoms with E-state index in [2.05, 4.69) is 16.0 Å². The van der Waals surface area contributed by atoms with Crippen LogP contribution in [0.4, 0.5) is 0 Å². The minimum atomic E-state index is -0.806. The van der Waals surface area contributed by atoms with Crippen molar-refractivity contribution < 1.29 is 9.90 Å². The highest BCUT2D eigenvalue weighted by Crippen LogP contribution is 2.03. The predicted molar refractivity (Wildman–Crippen MR) is 54.7 cm³/mol. The third-order valence-electron chi connectivity index (χ3n) is 1.65. The van der Waals surface area contributed by atoms with E-state index < -0.39 is 5.97 Å². The fourth-order valence-corrected chi connectivity index (χ4v) is 0.869. The summed E-state index contributed by atoms with van der Waals surface area (Å²) >= 11 is 0. The molecule has 0 bridgehead atoms. The molecule has 5 heteroatoms. The number of carbonyl (C=O) groups is 1. The van der Waals surface area contributed by atoms with Crippen molar-refractivity contribution in [3.8, 4) is 0 Å². The molecule has 80 valence electrons. The molecule has 0 aromatic rings. The average molecular weight is 199 g/mol. The van der Waals surface area contributed by atoms with Gasteiger partial charge in [0.05, 0.1) is 6.01 Å². The summed E-state index contributed by atoms with van der Waals surface area (Å²) < 4.78 is 0. The van der Waals surface area contributed by atoms with Gasteiger partial charge in [0, 0.05) is 13.0 Å². The minimum Gasteiger partial charge on any atom is -0.481 e. The van der Waals surface area contributed by atoms with Crippen LogP contribution in [-0.4, -0.2) is 48.8 Å². The van der Waals surface area contributed by atoms with E-state index in [1.165, 1.54) is 0 Å². The molecule has 0 aromatic heterocycles. The second-order valence-corrected chi connectivity index (χ2v) is 3.08. The maximum atomic E-state index is 10.4. The molecular weight excluding hydrogens is 182 g/mol. The van der Waals surface area contributed by atoms with Gasteiger partial charge in [-0.1, -0.05) is 0 Å². The van der Waals surface area contributed by atoms with E-state index in [0.717, 1.165) is 0 Å². The van der Waals surface area contributed by atoms with Crippen molar-refractivity contribution in [2.75, 3.05) is 20.6 Å². The lowest BCUT2D eigenvalue weighted by Gasteiger charge is -2.17. The Morgan fingerprint density at radius 1 is 1.57 bits per heavy atom. The van der Waals surface area contributed by atoms with Crippen LogP contribution in [0.25, 0.3) is 0 Å². The average Bonchev–Trinajstić information content (AvgIpc) is 2.10. The molecule has 0 saturated heterocycles. The van der Waals surface area contributed by atoms with Gasteiger partial charge in [-0.05, 0) is 27.4 Å². The Bertz CT molecular complexity index is 232. The van der Waals surface area contributed by atoms with Gasteiger partial charge in [0.2, 0.25) is 0 Å². The van der Waals surface area contributed by atoms with Crippen molar-refractivity contribution in [2.24, 2.45) is 9.98 Å². The first kappa shape index (κ1) is 12.8. The maximum Gasteiger partial charge on any atom is 0.303 e. The predicted octanol–water partition coefficient (Wildman–Crippen LogP) is 0.933. The largest absolute Gasteiger partial charge is 0.481 e. The Morgan fingerprint density at radius 2 is 2.21 bits per heavy atom. The van der Waals surface area contributed by atoms with Crippen molar-refractivity contribution in [1.29, 1.82) is 0 Å². The zero-order valence-corrected chi connectivity index (χ0v) is 8.90. The number of hydrogen-bond donors (Lipinski definition) is 1. The minimum absolute atomic E-state index is 0.111. The van der Waals surface area contributed by atoms with Crippen LogP contribution in [-0.2, 0) is 4.79 Å². The van der Waals surface area contributed by atoms with Crippen LogP contribution in [0.15, 0.2) is 9.98 Å². The molecular formula is C9H17N3O2. The highest BCUT2D eigenvalue weighted by molar-refractivity contribution is 5.66.